The number of benzene rings is 1. The summed E-state index contributed by atoms with van der Waals surface area (Å²) >= 11 is 7.19. The van der Waals surface area contributed by atoms with Crippen LogP contribution >= 0.6 is 22.9 Å². The number of aromatic nitrogens is 1. The van der Waals surface area contributed by atoms with Gasteiger partial charge in [-0.1, -0.05) is 11.6 Å². The number of anilines is 2. The van der Waals surface area contributed by atoms with E-state index in [1.54, 1.807) is 26.2 Å². The summed E-state index contributed by atoms with van der Waals surface area (Å²) in [5.74, 6) is -4.93. The molecule has 2 amide bonds. The zero-order valence-corrected chi connectivity index (χ0v) is 23.8. The number of rotatable bonds is 10. The lowest BCUT2D eigenvalue weighted by atomic mass is 10.1. The normalized spacial score (nSPS) is 17.1. The van der Waals surface area contributed by atoms with E-state index in [0.29, 0.717) is 19.4 Å². The van der Waals surface area contributed by atoms with Gasteiger partial charge in [-0.2, -0.15) is 0 Å². The minimum absolute atomic E-state index is 0.0198. The van der Waals surface area contributed by atoms with Crippen molar-refractivity contribution in [1.29, 1.82) is 0 Å². The highest BCUT2D eigenvalue weighted by Crippen LogP contribution is 2.33. The van der Waals surface area contributed by atoms with Crippen LogP contribution in [-0.4, -0.2) is 67.5 Å². The number of nitrogens with one attached hydrogen (secondary N) is 3. The van der Waals surface area contributed by atoms with Gasteiger partial charge >= 0.3 is 6.09 Å². The first-order valence-corrected chi connectivity index (χ1v) is 14.6. The molecule has 1 aromatic carbocycles. The Morgan fingerprint density at radius 3 is 2.59 bits per heavy atom. The van der Waals surface area contributed by atoms with Crippen molar-refractivity contribution in [3.8, 4) is 0 Å². The van der Waals surface area contributed by atoms with E-state index in [-0.39, 0.29) is 22.4 Å². The number of hydrogen-bond donors (Lipinski definition) is 3. The molecule has 1 fully saturated rings. The lowest BCUT2D eigenvalue weighted by Gasteiger charge is -2.27. The molecule has 39 heavy (non-hydrogen) atoms. The first kappa shape index (κ1) is 30.8. The minimum Gasteiger partial charge on any atom is -0.444 e. The highest BCUT2D eigenvalue weighted by atomic mass is 35.5. The van der Waals surface area contributed by atoms with E-state index < -0.39 is 63.3 Å². The number of carbonyl (C=O) groups is 2. The molecule has 1 atom stereocenters. The molecule has 0 bridgehead atoms. The van der Waals surface area contributed by atoms with Gasteiger partial charge in [0.05, 0.1) is 17.3 Å². The number of carbonyl (C=O) groups excluding carboxylic acids is 2. The number of amides is 2. The van der Waals surface area contributed by atoms with Crippen molar-refractivity contribution in [2.24, 2.45) is 0 Å². The van der Waals surface area contributed by atoms with Gasteiger partial charge in [0.2, 0.25) is 5.91 Å². The second kappa shape index (κ2) is 12.2. The summed E-state index contributed by atoms with van der Waals surface area (Å²) in [6.07, 6.45) is 0.523. The van der Waals surface area contributed by atoms with Gasteiger partial charge in [-0.25, -0.2) is 31.4 Å². The van der Waals surface area contributed by atoms with Crippen molar-refractivity contribution in [1.82, 2.24) is 15.2 Å². The molecule has 0 radical (unpaired) electrons. The van der Waals surface area contributed by atoms with Gasteiger partial charge in [0.25, 0.3) is 15.9 Å². The van der Waals surface area contributed by atoms with Crippen LogP contribution in [0.2, 0.25) is 5.02 Å². The zero-order chi connectivity index (χ0) is 29.0. The molecule has 2 heterocycles. The first-order chi connectivity index (χ1) is 18.1. The molecule has 1 aromatic heterocycles. The van der Waals surface area contributed by atoms with Crippen molar-refractivity contribution < 1.29 is 35.9 Å². The first-order valence-electron chi connectivity index (χ1n) is 11.9. The van der Waals surface area contributed by atoms with Crippen LogP contribution in [0, 0.1) is 5.82 Å². The predicted octanol–water partition coefficient (Wildman–Crippen LogP) is 4.69. The highest BCUT2D eigenvalue weighted by Gasteiger charge is 2.51. The molecule has 0 spiro atoms. The Morgan fingerprint density at radius 1 is 1.26 bits per heavy atom. The van der Waals surface area contributed by atoms with Gasteiger partial charge in [-0.05, 0) is 45.7 Å². The summed E-state index contributed by atoms with van der Waals surface area (Å²) in [5, 5.41) is 7.08. The van der Waals surface area contributed by atoms with Gasteiger partial charge in [0, 0.05) is 31.1 Å². The van der Waals surface area contributed by atoms with E-state index in [4.69, 9.17) is 16.3 Å². The maximum atomic E-state index is 14.6. The average Bonchev–Trinajstić information content (AvgIpc) is 3.43. The number of unbranched alkanes of at least 4 members (excludes halogenated alkanes) is 1. The van der Waals surface area contributed by atoms with Crippen molar-refractivity contribution >= 4 is 55.8 Å². The molecule has 216 valence electrons. The third kappa shape index (κ3) is 8.60. The second-order valence-electron chi connectivity index (χ2n) is 9.81. The fraction of sp³-hybridized carbons (Fsp3) is 0.522. The lowest BCUT2D eigenvalue weighted by Crippen LogP contribution is -2.47. The molecule has 1 aliphatic heterocycles. The molecule has 0 saturated carbocycles. The number of halogens is 4. The number of nitrogens with zero attached hydrogens (tertiary/aromatic N) is 2. The summed E-state index contributed by atoms with van der Waals surface area (Å²) < 4.78 is 74.8. The van der Waals surface area contributed by atoms with Gasteiger partial charge in [-0.3, -0.25) is 14.4 Å². The van der Waals surface area contributed by atoms with Crippen molar-refractivity contribution in [3.63, 3.8) is 0 Å². The largest absolute Gasteiger partial charge is 0.444 e. The number of sulfonamides is 1. The third-order valence-corrected chi connectivity index (χ3v) is 7.87. The van der Waals surface area contributed by atoms with Gasteiger partial charge in [0.15, 0.2) is 5.13 Å². The summed E-state index contributed by atoms with van der Waals surface area (Å²) in [5.41, 5.74) is -0.727. The summed E-state index contributed by atoms with van der Waals surface area (Å²) in [7, 11) is -4.24. The fourth-order valence-corrected chi connectivity index (χ4v) is 5.85. The molecular weight excluding hydrogens is 583 g/mol. The van der Waals surface area contributed by atoms with E-state index >= 15 is 0 Å². The molecular formula is C23H29ClF3N5O5S2. The smallest absolute Gasteiger partial charge is 0.411 e. The Bertz CT molecular complexity index is 1290. The molecule has 3 N–H and O–H groups in total. The average molecular weight is 612 g/mol. The Kier molecular flexibility index (Phi) is 9.60. The van der Waals surface area contributed by atoms with Crippen LogP contribution in [0.1, 0.15) is 40.0 Å². The number of likely N-dealkylation sites (tertiary alicyclic amines) is 1. The molecule has 1 saturated heterocycles. The van der Waals surface area contributed by atoms with Crippen LogP contribution in [0.3, 0.4) is 0 Å². The summed E-state index contributed by atoms with van der Waals surface area (Å²) in [4.78, 5) is 28.8. The topological polar surface area (TPSA) is 130 Å². The molecule has 16 heteroatoms. The molecule has 2 aromatic rings. The Hall–Kier alpha value is -2.78. The standard InChI is InChI=1S/C23H29ClF3N5O5S2/c1-22(2,3)37-21(34)32-13-23(26,27)12-17(32)19(33)29-7-5-4-6-28-16-11-15(25)18(10-14(16)24)39(35,36)31-20-30-8-9-38-20/h8-11,17,28H,4-7,12-13H2,1-3H3,(H,29,33)(H,30,31). The van der Waals surface area contributed by atoms with E-state index in [0.717, 1.165) is 28.4 Å². The van der Waals surface area contributed by atoms with Crippen LogP contribution in [-0.2, 0) is 19.6 Å². The molecule has 1 unspecified atom stereocenters. The quantitative estimate of drug-likeness (QED) is 0.332. The summed E-state index contributed by atoms with van der Waals surface area (Å²) in [6, 6.07) is 0.601. The van der Waals surface area contributed by atoms with Gasteiger partial charge in [-0.15, -0.1) is 11.3 Å². The van der Waals surface area contributed by atoms with Gasteiger partial charge < -0.3 is 15.4 Å². The van der Waals surface area contributed by atoms with E-state index in [9.17, 15) is 31.2 Å². The molecule has 0 aliphatic carbocycles. The number of ether oxygens (including phenoxy) is 1. The number of alkyl halides is 2. The van der Waals surface area contributed by atoms with Crippen molar-refractivity contribution in [2.75, 3.05) is 29.7 Å². The number of hydrogen-bond acceptors (Lipinski definition) is 8. The third-order valence-electron chi connectivity index (χ3n) is 5.38. The van der Waals surface area contributed by atoms with Crippen LogP contribution in [0.4, 0.5) is 28.8 Å². The second-order valence-corrected chi connectivity index (χ2v) is 12.8. The van der Waals surface area contributed by atoms with E-state index in [1.807, 2.05) is 0 Å². The summed E-state index contributed by atoms with van der Waals surface area (Å²) in [6.45, 7) is 4.34. The molecule has 1 aliphatic rings. The fourth-order valence-electron chi connectivity index (χ4n) is 3.68. The van der Waals surface area contributed by atoms with Crippen molar-refractivity contribution in [3.05, 3.63) is 34.5 Å². The highest BCUT2D eigenvalue weighted by molar-refractivity contribution is 7.93. The van der Waals surface area contributed by atoms with Crippen LogP contribution < -0.4 is 15.4 Å². The maximum absolute atomic E-state index is 14.6. The maximum Gasteiger partial charge on any atom is 0.411 e. The molecule has 10 nitrogen and oxygen atoms in total. The van der Waals surface area contributed by atoms with E-state index in [2.05, 4.69) is 20.3 Å². The SMILES string of the molecule is CC(C)(C)OC(=O)N1CC(F)(F)CC1C(=O)NCCCCNc1cc(F)c(S(=O)(=O)Nc2nccs2)cc1Cl. The molecule has 3 rings (SSSR count). The van der Waals surface area contributed by atoms with Crippen molar-refractivity contribution in [2.45, 2.75) is 62.5 Å². The minimum atomic E-state index is -4.24. The number of thiazole rings is 1. The van der Waals surface area contributed by atoms with Crippen LogP contribution in [0.25, 0.3) is 0 Å². The monoisotopic (exact) mass is 611 g/mol. The van der Waals surface area contributed by atoms with Crippen LogP contribution in [0.15, 0.2) is 28.6 Å². The van der Waals surface area contributed by atoms with E-state index in [1.165, 1.54) is 6.20 Å². The predicted molar refractivity (Wildman–Crippen MR) is 141 cm³/mol. The zero-order valence-electron chi connectivity index (χ0n) is 21.4. The van der Waals surface area contributed by atoms with Crippen LogP contribution in [0.5, 0.6) is 0 Å². The Morgan fingerprint density at radius 2 is 1.95 bits per heavy atom. The lowest BCUT2D eigenvalue weighted by molar-refractivity contribution is -0.125. The van der Waals surface area contributed by atoms with Gasteiger partial charge in [0.1, 0.15) is 22.4 Å². The Labute approximate surface area is 233 Å². The Balaban J connectivity index is 1.47.